The van der Waals surface area contributed by atoms with Gasteiger partial charge in [-0.15, -0.1) is 11.3 Å². The Morgan fingerprint density at radius 2 is 2.14 bits per heavy atom. The molecule has 0 saturated carbocycles. The normalized spacial score (nSPS) is 9.57. The molecule has 1 aromatic rings. The van der Waals surface area contributed by atoms with Gasteiger partial charge in [-0.25, -0.2) is 0 Å². The molecule has 0 bridgehead atoms. The SMILES string of the molecule is CCC(=O)NNC(=O)c1cc(C)cs1. The fourth-order valence-corrected chi connectivity index (χ4v) is 1.62. The molecule has 4 nitrogen and oxygen atoms in total. The molecule has 1 aromatic heterocycles. The molecule has 14 heavy (non-hydrogen) atoms. The van der Waals surface area contributed by atoms with Gasteiger partial charge in [-0.05, 0) is 23.9 Å². The van der Waals surface area contributed by atoms with Crippen molar-refractivity contribution in [3.05, 3.63) is 21.9 Å². The summed E-state index contributed by atoms with van der Waals surface area (Å²) in [4.78, 5) is 22.8. The van der Waals surface area contributed by atoms with E-state index >= 15 is 0 Å². The largest absolute Gasteiger partial charge is 0.279 e. The topological polar surface area (TPSA) is 58.2 Å². The van der Waals surface area contributed by atoms with Crippen LogP contribution in [0.1, 0.15) is 28.6 Å². The molecule has 0 fully saturated rings. The van der Waals surface area contributed by atoms with Gasteiger partial charge in [0.25, 0.3) is 5.91 Å². The molecule has 0 unspecified atom stereocenters. The number of carbonyl (C=O) groups excluding carboxylic acids is 2. The van der Waals surface area contributed by atoms with Crippen molar-refractivity contribution in [3.63, 3.8) is 0 Å². The highest BCUT2D eigenvalue weighted by molar-refractivity contribution is 7.12. The van der Waals surface area contributed by atoms with Crippen LogP contribution in [0.5, 0.6) is 0 Å². The van der Waals surface area contributed by atoms with Crippen LogP contribution in [0.25, 0.3) is 0 Å². The van der Waals surface area contributed by atoms with Gasteiger partial charge >= 0.3 is 0 Å². The van der Waals surface area contributed by atoms with Gasteiger partial charge in [-0.3, -0.25) is 20.4 Å². The highest BCUT2D eigenvalue weighted by Crippen LogP contribution is 2.12. The zero-order valence-corrected chi connectivity index (χ0v) is 8.90. The minimum absolute atomic E-state index is 0.202. The summed E-state index contributed by atoms with van der Waals surface area (Å²) in [6.07, 6.45) is 0.351. The lowest BCUT2D eigenvalue weighted by atomic mass is 10.3. The molecule has 1 rings (SSSR count). The van der Waals surface area contributed by atoms with Gasteiger partial charge < -0.3 is 0 Å². The molecule has 0 radical (unpaired) electrons. The molecular formula is C9H12N2O2S. The number of aryl methyl sites for hydroxylation is 1. The van der Waals surface area contributed by atoms with Crippen LogP contribution < -0.4 is 10.9 Å². The molecule has 0 atom stereocenters. The minimum Gasteiger partial charge on any atom is -0.273 e. The smallest absolute Gasteiger partial charge is 0.273 e. The Labute approximate surface area is 86.3 Å². The van der Waals surface area contributed by atoms with Crippen molar-refractivity contribution >= 4 is 23.2 Å². The van der Waals surface area contributed by atoms with Crippen LogP contribution in [0.3, 0.4) is 0 Å². The number of rotatable bonds is 2. The molecule has 1 heterocycles. The first kappa shape index (κ1) is 10.7. The van der Waals surface area contributed by atoms with Crippen molar-refractivity contribution in [2.24, 2.45) is 0 Å². The molecule has 2 N–H and O–H groups in total. The Kier molecular flexibility index (Phi) is 3.64. The van der Waals surface area contributed by atoms with Crippen LogP contribution in [-0.2, 0) is 4.79 Å². The number of thiophene rings is 1. The third-order valence-corrected chi connectivity index (χ3v) is 2.64. The molecule has 0 spiro atoms. The fraction of sp³-hybridized carbons (Fsp3) is 0.333. The van der Waals surface area contributed by atoms with E-state index in [2.05, 4.69) is 10.9 Å². The number of nitrogens with one attached hydrogen (secondary N) is 2. The van der Waals surface area contributed by atoms with Crippen molar-refractivity contribution in [2.45, 2.75) is 20.3 Å². The summed E-state index contributed by atoms with van der Waals surface area (Å²) >= 11 is 1.35. The first-order valence-electron chi connectivity index (χ1n) is 4.27. The maximum Gasteiger partial charge on any atom is 0.279 e. The average molecular weight is 212 g/mol. The predicted molar refractivity (Wildman–Crippen MR) is 55.0 cm³/mol. The van der Waals surface area contributed by atoms with Gasteiger partial charge in [0.1, 0.15) is 0 Å². The number of hydrogen-bond acceptors (Lipinski definition) is 3. The van der Waals surface area contributed by atoms with Crippen molar-refractivity contribution in [2.75, 3.05) is 0 Å². The second-order valence-corrected chi connectivity index (χ2v) is 3.76. The lowest BCUT2D eigenvalue weighted by Crippen LogP contribution is -2.40. The lowest BCUT2D eigenvalue weighted by molar-refractivity contribution is -0.121. The number of hydrazine groups is 1. The number of hydrogen-bond donors (Lipinski definition) is 2. The Morgan fingerprint density at radius 3 is 2.64 bits per heavy atom. The van der Waals surface area contributed by atoms with E-state index in [1.165, 1.54) is 11.3 Å². The molecule has 2 amide bonds. The van der Waals surface area contributed by atoms with Gasteiger partial charge in [0, 0.05) is 6.42 Å². The molecular weight excluding hydrogens is 200 g/mol. The summed E-state index contributed by atoms with van der Waals surface area (Å²) in [6.45, 7) is 3.63. The van der Waals surface area contributed by atoms with Gasteiger partial charge in [-0.2, -0.15) is 0 Å². The van der Waals surface area contributed by atoms with Crippen LogP contribution in [-0.4, -0.2) is 11.8 Å². The van der Waals surface area contributed by atoms with E-state index in [4.69, 9.17) is 0 Å². The first-order chi connectivity index (χ1) is 6.63. The zero-order valence-electron chi connectivity index (χ0n) is 8.09. The third-order valence-electron chi connectivity index (χ3n) is 1.59. The Bertz CT molecular complexity index is 346. The minimum atomic E-state index is -0.273. The number of carbonyl (C=O) groups is 2. The lowest BCUT2D eigenvalue weighted by Gasteiger charge is -2.03. The molecule has 0 aliphatic rings. The van der Waals surface area contributed by atoms with Crippen molar-refractivity contribution in [3.8, 4) is 0 Å². The van der Waals surface area contributed by atoms with Crippen LogP contribution in [0.4, 0.5) is 0 Å². The van der Waals surface area contributed by atoms with E-state index in [-0.39, 0.29) is 11.8 Å². The Morgan fingerprint density at radius 1 is 1.43 bits per heavy atom. The fourth-order valence-electron chi connectivity index (χ4n) is 0.827. The van der Waals surface area contributed by atoms with Crippen LogP contribution in [0, 0.1) is 6.92 Å². The highest BCUT2D eigenvalue weighted by atomic mass is 32.1. The maximum atomic E-state index is 11.4. The Balaban J connectivity index is 2.47. The van der Waals surface area contributed by atoms with E-state index in [9.17, 15) is 9.59 Å². The van der Waals surface area contributed by atoms with Gasteiger partial charge in [0.15, 0.2) is 0 Å². The summed E-state index contributed by atoms with van der Waals surface area (Å²) in [5.74, 6) is -0.475. The van der Waals surface area contributed by atoms with E-state index in [0.717, 1.165) is 5.56 Å². The maximum absolute atomic E-state index is 11.4. The van der Waals surface area contributed by atoms with Crippen LogP contribution in [0.15, 0.2) is 11.4 Å². The van der Waals surface area contributed by atoms with Gasteiger partial charge in [0.05, 0.1) is 4.88 Å². The third kappa shape index (κ3) is 2.85. The van der Waals surface area contributed by atoms with Gasteiger partial charge in [0.2, 0.25) is 5.91 Å². The molecule has 0 aliphatic heterocycles. The molecule has 5 heteroatoms. The van der Waals surface area contributed by atoms with E-state index in [1.807, 2.05) is 12.3 Å². The molecule has 76 valence electrons. The monoisotopic (exact) mass is 212 g/mol. The molecule has 0 aromatic carbocycles. The molecule has 0 saturated heterocycles. The second kappa shape index (κ2) is 4.76. The highest BCUT2D eigenvalue weighted by Gasteiger charge is 2.07. The zero-order chi connectivity index (χ0) is 10.6. The summed E-state index contributed by atoms with van der Waals surface area (Å²) in [6, 6.07) is 1.78. The molecule has 0 aliphatic carbocycles. The summed E-state index contributed by atoms with van der Waals surface area (Å²) < 4.78 is 0. The van der Waals surface area contributed by atoms with Crippen molar-refractivity contribution in [1.29, 1.82) is 0 Å². The predicted octanol–water partition coefficient (Wildman–Crippen LogP) is 1.23. The van der Waals surface area contributed by atoms with E-state index in [1.54, 1.807) is 13.0 Å². The van der Waals surface area contributed by atoms with Crippen LogP contribution in [0.2, 0.25) is 0 Å². The quantitative estimate of drug-likeness (QED) is 0.724. The van der Waals surface area contributed by atoms with Crippen molar-refractivity contribution < 1.29 is 9.59 Å². The van der Waals surface area contributed by atoms with Crippen molar-refractivity contribution in [1.82, 2.24) is 10.9 Å². The first-order valence-corrected chi connectivity index (χ1v) is 5.15. The average Bonchev–Trinajstić information content (AvgIpc) is 2.60. The second-order valence-electron chi connectivity index (χ2n) is 2.84. The Hall–Kier alpha value is -1.36. The standard InChI is InChI=1S/C9H12N2O2S/c1-3-8(12)10-11-9(13)7-4-6(2)5-14-7/h4-5H,3H2,1-2H3,(H,10,12)(H,11,13). The van der Waals surface area contributed by atoms with Crippen LogP contribution >= 0.6 is 11.3 Å². The van der Waals surface area contributed by atoms with E-state index < -0.39 is 0 Å². The summed E-state index contributed by atoms with van der Waals surface area (Å²) in [5, 5.41) is 1.89. The van der Waals surface area contributed by atoms with Gasteiger partial charge in [-0.1, -0.05) is 6.92 Å². The summed E-state index contributed by atoms with van der Waals surface area (Å²) in [7, 11) is 0. The van der Waals surface area contributed by atoms with E-state index in [0.29, 0.717) is 11.3 Å². The summed E-state index contributed by atoms with van der Waals surface area (Å²) in [5.41, 5.74) is 5.69. The number of amides is 2.